The van der Waals surface area contributed by atoms with Gasteiger partial charge in [-0.2, -0.15) is 0 Å². The van der Waals surface area contributed by atoms with Gasteiger partial charge in [0.2, 0.25) is 0 Å². The van der Waals surface area contributed by atoms with Gasteiger partial charge in [0.05, 0.1) is 16.9 Å². The molecule has 0 saturated heterocycles. The standard InChI is InChI=1S/C17H14Cl2N4O/c1-22(10-12-5-4-6-13(18)9-12)17(24)15-11-23(21-20-15)16-8-3-2-7-14(16)19/h2-9,11H,10H2,1H3. The van der Waals surface area contributed by atoms with Crippen molar-refractivity contribution in [2.75, 3.05) is 7.05 Å². The number of carbonyl (C=O) groups is 1. The Morgan fingerprint density at radius 1 is 1.17 bits per heavy atom. The molecule has 1 aromatic heterocycles. The van der Waals surface area contributed by atoms with E-state index in [1.807, 2.05) is 30.3 Å². The van der Waals surface area contributed by atoms with Gasteiger partial charge in [0, 0.05) is 18.6 Å². The molecular weight excluding hydrogens is 347 g/mol. The van der Waals surface area contributed by atoms with E-state index in [0.717, 1.165) is 5.56 Å². The highest BCUT2D eigenvalue weighted by Gasteiger charge is 2.17. The van der Waals surface area contributed by atoms with Gasteiger partial charge in [-0.1, -0.05) is 52.7 Å². The molecule has 24 heavy (non-hydrogen) atoms. The minimum absolute atomic E-state index is 0.228. The molecule has 0 atom stereocenters. The van der Waals surface area contributed by atoms with E-state index in [-0.39, 0.29) is 11.6 Å². The smallest absolute Gasteiger partial charge is 0.276 e. The Bertz CT molecular complexity index is 878. The highest BCUT2D eigenvalue weighted by atomic mass is 35.5. The van der Waals surface area contributed by atoms with Gasteiger partial charge in [0.25, 0.3) is 5.91 Å². The van der Waals surface area contributed by atoms with Crippen molar-refractivity contribution in [1.82, 2.24) is 19.9 Å². The second-order valence-electron chi connectivity index (χ2n) is 5.29. The first-order chi connectivity index (χ1) is 11.5. The first kappa shape index (κ1) is 16.5. The Balaban J connectivity index is 1.77. The maximum atomic E-state index is 12.5. The molecule has 0 radical (unpaired) electrons. The Kier molecular flexibility index (Phi) is 4.83. The predicted octanol–water partition coefficient (Wildman–Crippen LogP) is 3.85. The summed E-state index contributed by atoms with van der Waals surface area (Å²) in [7, 11) is 1.71. The first-order valence-corrected chi connectivity index (χ1v) is 7.97. The zero-order valence-electron chi connectivity index (χ0n) is 12.9. The van der Waals surface area contributed by atoms with Crippen LogP contribution in [0.2, 0.25) is 10.0 Å². The summed E-state index contributed by atoms with van der Waals surface area (Å²) < 4.78 is 1.49. The molecule has 0 N–H and O–H groups in total. The minimum Gasteiger partial charge on any atom is -0.336 e. The van der Waals surface area contributed by atoms with Crippen molar-refractivity contribution in [2.24, 2.45) is 0 Å². The van der Waals surface area contributed by atoms with E-state index < -0.39 is 0 Å². The molecule has 0 aliphatic carbocycles. The lowest BCUT2D eigenvalue weighted by Crippen LogP contribution is -2.26. The second kappa shape index (κ2) is 7.03. The number of halogens is 2. The van der Waals surface area contributed by atoms with Crippen molar-refractivity contribution in [3.63, 3.8) is 0 Å². The summed E-state index contributed by atoms with van der Waals surface area (Å²) in [4.78, 5) is 14.1. The van der Waals surface area contributed by atoms with Crippen molar-refractivity contribution < 1.29 is 4.79 Å². The molecule has 122 valence electrons. The summed E-state index contributed by atoms with van der Waals surface area (Å²) in [5, 5.41) is 9.11. The first-order valence-electron chi connectivity index (χ1n) is 7.22. The third kappa shape index (κ3) is 3.58. The fourth-order valence-electron chi connectivity index (χ4n) is 2.29. The third-order valence-electron chi connectivity index (χ3n) is 3.47. The SMILES string of the molecule is CN(Cc1cccc(Cl)c1)C(=O)c1cn(-c2ccccc2Cl)nn1. The summed E-state index contributed by atoms with van der Waals surface area (Å²) in [5.41, 5.74) is 1.86. The van der Waals surface area contributed by atoms with E-state index in [0.29, 0.717) is 22.3 Å². The van der Waals surface area contributed by atoms with E-state index in [2.05, 4.69) is 10.3 Å². The maximum Gasteiger partial charge on any atom is 0.276 e. The quantitative estimate of drug-likeness (QED) is 0.709. The summed E-state index contributed by atoms with van der Waals surface area (Å²) in [5.74, 6) is -0.228. The van der Waals surface area contributed by atoms with Crippen molar-refractivity contribution in [3.05, 3.63) is 76.0 Å². The van der Waals surface area contributed by atoms with Crippen molar-refractivity contribution in [3.8, 4) is 5.69 Å². The molecule has 1 heterocycles. The van der Waals surface area contributed by atoms with E-state index in [4.69, 9.17) is 23.2 Å². The second-order valence-corrected chi connectivity index (χ2v) is 6.13. The molecule has 2 aromatic carbocycles. The number of rotatable bonds is 4. The predicted molar refractivity (Wildman–Crippen MR) is 93.6 cm³/mol. The average molecular weight is 361 g/mol. The summed E-state index contributed by atoms with van der Waals surface area (Å²) in [6.45, 7) is 0.429. The van der Waals surface area contributed by atoms with Gasteiger partial charge in [0.1, 0.15) is 0 Å². The van der Waals surface area contributed by atoms with Gasteiger partial charge in [-0.05, 0) is 29.8 Å². The van der Waals surface area contributed by atoms with Crippen molar-refractivity contribution in [2.45, 2.75) is 6.54 Å². The number of hydrogen-bond acceptors (Lipinski definition) is 3. The molecule has 0 fully saturated rings. The van der Waals surface area contributed by atoms with E-state index in [1.54, 1.807) is 36.3 Å². The number of nitrogens with zero attached hydrogens (tertiary/aromatic N) is 4. The molecule has 5 nitrogen and oxygen atoms in total. The molecule has 3 aromatic rings. The number of amides is 1. The fraction of sp³-hybridized carbons (Fsp3) is 0.118. The van der Waals surface area contributed by atoms with Crippen molar-refractivity contribution >= 4 is 29.1 Å². The monoisotopic (exact) mass is 360 g/mol. The molecule has 3 rings (SSSR count). The van der Waals surface area contributed by atoms with E-state index >= 15 is 0 Å². The number of aromatic nitrogens is 3. The molecule has 0 bridgehead atoms. The van der Waals surface area contributed by atoms with Crippen LogP contribution < -0.4 is 0 Å². The van der Waals surface area contributed by atoms with Crippen LogP contribution in [-0.2, 0) is 6.54 Å². The molecule has 0 saturated carbocycles. The zero-order valence-corrected chi connectivity index (χ0v) is 14.4. The van der Waals surface area contributed by atoms with Gasteiger partial charge in [-0.25, -0.2) is 4.68 Å². The summed E-state index contributed by atoms with van der Waals surface area (Å²) >= 11 is 12.1. The minimum atomic E-state index is -0.228. The number of hydrogen-bond donors (Lipinski definition) is 0. The maximum absolute atomic E-state index is 12.5. The zero-order chi connectivity index (χ0) is 17.1. The van der Waals surface area contributed by atoms with Crippen LogP contribution in [0.4, 0.5) is 0 Å². The molecule has 7 heteroatoms. The summed E-state index contributed by atoms with van der Waals surface area (Å²) in [6, 6.07) is 14.6. The Labute approximate surface area is 149 Å². The van der Waals surface area contributed by atoms with Crippen molar-refractivity contribution in [1.29, 1.82) is 0 Å². The van der Waals surface area contributed by atoms with E-state index in [1.165, 1.54) is 4.68 Å². The molecule has 0 aliphatic rings. The van der Waals surface area contributed by atoms with Crippen LogP contribution in [0.3, 0.4) is 0 Å². The molecule has 0 spiro atoms. The Morgan fingerprint density at radius 3 is 2.71 bits per heavy atom. The topological polar surface area (TPSA) is 51.0 Å². The van der Waals surface area contributed by atoms with Gasteiger partial charge in [0.15, 0.2) is 5.69 Å². The molecule has 1 amide bonds. The fourth-order valence-corrected chi connectivity index (χ4v) is 2.73. The summed E-state index contributed by atoms with van der Waals surface area (Å²) in [6.07, 6.45) is 1.57. The lowest BCUT2D eigenvalue weighted by Gasteiger charge is -2.15. The largest absolute Gasteiger partial charge is 0.336 e. The Morgan fingerprint density at radius 2 is 1.96 bits per heavy atom. The average Bonchev–Trinajstić information content (AvgIpc) is 3.04. The van der Waals surface area contributed by atoms with Crippen LogP contribution in [0.25, 0.3) is 5.69 Å². The lowest BCUT2D eigenvalue weighted by molar-refractivity contribution is 0.0779. The molecule has 0 aliphatic heterocycles. The number of carbonyl (C=O) groups excluding carboxylic acids is 1. The van der Waals surface area contributed by atoms with Crippen LogP contribution in [0.15, 0.2) is 54.7 Å². The highest BCUT2D eigenvalue weighted by Crippen LogP contribution is 2.19. The highest BCUT2D eigenvalue weighted by molar-refractivity contribution is 6.32. The van der Waals surface area contributed by atoms with Crippen LogP contribution >= 0.6 is 23.2 Å². The number of benzene rings is 2. The number of para-hydroxylation sites is 1. The van der Waals surface area contributed by atoms with Crippen LogP contribution in [0.1, 0.15) is 16.1 Å². The van der Waals surface area contributed by atoms with Gasteiger partial charge in [-0.15, -0.1) is 5.10 Å². The van der Waals surface area contributed by atoms with Gasteiger partial charge in [-0.3, -0.25) is 4.79 Å². The molecular formula is C17H14Cl2N4O. The Hall–Kier alpha value is -2.37. The third-order valence-corrected chi connectivity index (χ3v) is 4.02. The van der Waals surface area contributed by atoms with E-state index in [9.17, 15) is 4.79 Å². The normalized spacial score (nSPS) is 10.6. The van der Waals surface area contributed by atoms with Crippen LogP contribution in [0, 0.1) is 0 Å². The molecule has 0 unspecified atom stereocenters. The van der Waals surface area contributed by atoms with Crippen LogP contribution in [0.5, 0.6) is 0 Å². The van der Waals surface area contributed by atoms with Crippen LogP contribution in [-0.4, -0.2) is 32.8 Å². The van der Waals surface area contributed by atoms with Gasteiger partial charge >= 0.3 is 0 Å². The van der Waals surface area contributed by atoms with Gasteiger partial charge < -0.3 is 4.90 Å². The lowest BCUT2D eigenvalue weighted by atomic mass is 10.2.